The maximum atomic E-state index is 12.6. The molecular formula is C14H27FO2S. The molecule has 4 heteroatoms. The minimum absolute atomic E-state index is 0.0345. The number of carbonyl (C=O) groups is 1. The van der Waals surface area contributed by atoms with E-state index in [2.05, 4.69) is 6.92 Å². The van der Waals surface area contributed by atoms with Gasteiger partial charge in [-0.25, -0.2) is 4.39 Å². The maximum absolute atomic E-state index is 12.6. The molecule has 108 valence electrons. The van der Waals surface area contributed by atoms with Gasteiger partial charge in [0.15, 0.2) is 0 Å². The summed E-state index contributed by atoms with van der Waals surface area (Å²) in [5.74, 6) is 0.828. The molecule has 0 spiro atoms. The normalized spacial score (nSPS) is 14.2. The molecule has 0 rings (SSSR count). The smallest absolute Gasteiger partial charge is 0.319 e. The van der Waals surface area contributed by atoms with E-state index in [1.54, 1.807) is 18.7 Å². The first-order valence-electron chi connectivity index (χ1n) is 7.04. The van der Waals surface area contributed by atoms with E-state index in [4.69, 9.17) is 4.74 Å². The lowest BCUT2D eigenvalue weighted by molar-refractivity contribution is -0.142. The molecule has 0 saturated carbocycles. The van der Waals surface area contributed by atoms with Crippen molar-refractivity contribution in [3.63, 3.8) is 0 Å². The van der Waals surface area contributed by atoms with Crippen LogP contribution < -0.4 is 0 Å². The number of esters is 1. The van der Waals surface area contributed by atoms with Crippen LogP contribution in [0.25, 0.3) is 0 Å². The molecule has 0 N–H and O–H groups in total. The summed E-state index contributed by atoms with van der Waals surface area (Å²) < 4.78 is 17.7. The van der Waals surface area contributed by atoms with Gasteiger partial charge < -0.3 is 4.74 Å². The van der Waals surface area contributed by atoms with E-state index in [9.17, 15) is 9.18 Å². The molecule has 0 radical (unpaired) electrons. The zero-order valence-corrected chi connectivity index (χ0v) is 12.7. The van der Waals surface area contributed by atoms with E-state index in [-0.39, 0.29) is 11.2 Å². The van der Waals surface area contributed by atoms with Gasteiger partial charge in [-0.3, -0.25) is 4.79 Å². The van der Waals surface area contributed by atoms with Crippen molar-refractivity contribution in [3.05, 3.63) is 0 Å². The molecule has 0 fully saturated rings. The van der Waals surface area contributed by atoms with Crippen molar-refractivity contribution in [1.82, 2.24) is 0 Å². The standard InChI is InChI=1S/C14H27FO2S/c1-4-6-10-13(14(16)17-5-2)18-11-8-7-9-12(3)15/h12-13H,4-11H2,1-3H3. The lowest BCUT2D eigenvalue weighted by Crippen LogP contribution is -2.20. The molecule has 0 aliphatic carbocycles. The van der Waals surface area contributed by atoms with Crippen molar-refractivity contribution >= 4 is 17.7 Å². The second-order valence-electron chi connectivity index (χ2n) is 4.53. The number of thioether (sulfide) groups is 1. The van der Waals surface area contributed by atoms with E-state index in [0.29, 0.717) is 13.0 Å². The summed E-state index contributed by atoms with van der Waals surface area (Å²) in [5, 5.41) is -0.0345. The van der Waals surface area contributed by atoms with E-state index in [1.807, 2.05) is 6.92 Å². The molecule has 0 aromatic heterocycles. The van der Waals surface area contributed by atoms with Crippen molar-refractivity contribution in [2.45, 2.75) is 70.7 Å². The quantitative estimate of drug-likeness (QED) is 0.415. The van der Waals surface area contributed by atoms with Crippen LogP contribution in [-0.2, 0) is 9.53 Å². The van der Waals surface area contributed by atoms with Crippen molar-refractivity contribution in [2.75, 3.05) is 12.4 Å². The summed E-state index contributed by atoms with van der Waals surface area (Å²) in [7, 11) is 0. The van der Waals surface area contributed by atoms with Gasteiger partial charge >= 0.3 is 5.97 Å². The molecule has 18 heavy (non-hydrogen) atoms. The lowest BCUT2D eigenvalue weighted by atomic mass is 10.2. The van der Waals surface area contributed by atoms with Crippen molar-refractivity contribution < 1.29 is 13.9 Å². The number of halogens is 1. The van der Waals surface area contributed by atoms with E-state index >= 15 is 0 Å². The largest absolute Gasteiger partial charge is 0.465 e. The zero-order valence-electron chi connectivity index (χ0n) is 11.9. The molecular weight excluding hydrogens is 251 g/mol. The second-order valence-corrected chi connectivity index (χ2v) is 5.84. The number of ether oxygens (including phenoxy) is 1. The van der Waals surface area contributed by atoms with Crippen LogP contribution in [-0.4, -0.2) is 29.8 Å². The molecule has 2 atom stereocenters. The van der Waals surface area contributed by atoms with Gasteiger partial charge in [-0.15, -0.1) is 11.8 Å². The van der Waals surface area contributed by atoms with Gasteiger partial charge in [-0.2, -0.15) is 0 Å². The number of hydrogen-bond donors (Lipinski definition) is 0. The molecule has 0 aliphatic heterocycles. The average molecular weight is 278 g/mol. The van der Waals surface area contributed by atoms with Gasteiger partial charge in [0.1, 0.15) is 5.25 Å². The SMILES string of the molecule is CCCCC(SCCCCC(C)F)C(=O)OCC. The monoisotopic (exact) mass is 278 g/mol. The Kier molecular flexibility index (Phi) is 11.7. The Morgan fingerprint density at radius 1 is 1.22 bits per heavy atom. The van der Waals surface area contributed by atoms with Crippen LogP contribution in [0.3, 0.4) is 0 Å². The van der Waals surface area contributed by atoms with Crippen LogP contribution in [0.4, 0.5) is 4.39 Å². The fraction of sp³-hybridized carbons (Fsp3) is 0.929. The number of rotatable bonds is 11. The Labute approximate surface area is 115 Å². The van der Waals surface area contributed by atoms with Crippen molar-refractivity contribution in [1.29, 1.82) is 0 Å². The highest BCUT2D eigenvalue weighted by molar-refractivity contribution is 8.00. The summed E-state index contributed by atoms with van der Waals surface area (Å²) in [6.07, 6.45) is 4.82. The van der Waals surface area contributed by atoms with E-state index in [1.165, 1.54) is 0 Å². The Bertz CT molecular complexity index is 210. The first-order valence-corrected chi connectivity index (χ1v) is 8.09. The summed E-state index contributed by atoms with van der Waals surface area (Å²) in [6, 6.07) is 0. The molecule has 0 bridgehead atoms. The van der Waals surface area contributed by atoms with Crippen LogP contribution in [0.15, 0.2) is 0 Å². The third-order valence-corrected chi connectivity index (χ3v) is 4.04. The van der Waals surface area contributed by atoms with Crippen LogP contribution in [0.5, 0.6) is 0 Å². The van der Waals surface area contributed by atoms with Gasteiger partial charge in [0, 0.05) is 0 Å². The van der Waals surface area contributed by atoms with Crippen molar-refractivity contribution in [2.24, 2.45) is 0 Å². The number of unbranched alkanes of at least 4 members (excludes halogenated alkanes) is 2. The summed E-state index contributed by atoms with van der Waals surface area (Å²) in [6.45, 7) is 5.99. The fourth-order valence-electron chi connectivity index (χ4n) is 1.65. The molecule has 0 saturated heterocycles. The highest BCUT2D eigenvalue weighted by Crippen LogP contribution is 2.21. The highest BCUT2D eigenvalue weighted by atomic mass is 32.2. The summed E-state index contributed by atoms with van der Waals surface area (Å²) in [4.78, 5) is 11.7. The maximum Gasteiger partial charge on any atom is 0.319 e. The van der Waals surface area contributed by atoms with Crippen LogP contribution in [0.1, 0.15) is 59.3 Å². The molecule has 0 heterocycles. The van der Waals surface area contributed by atoms with Crippen LogP contribution >= 0.6 is 11.8 Å². The zero-order chi connectivity index (χ0) is 13.8. The molecule has 2 nitrogen and oxygen atoms in total. The third-order valence-electron chi connectivity index (χ3n) is 2.68. The molecule has 0 aromatic rings. The van der Waals surface area contributed by atoms with E-state index in [0.717, 1.165) is 37.9 Å². The Morgan fingerprint density at radius 3 is 2.50 bits per heavy atom. The number of carbonyl (C=O) groups excluding carboxylic acids is 1. The minimum atomic E-state index is -0.712. The van der Waals surface area contributed by atoms with Gasteiger partial charge in [-0.1, -0.05) is 19.8 Å². The van der Waals surface area contributed by atoms with Crippen LogP contribution in [0.2, 0.25) is 0 Å². The topological polar surface area (TPSA) is 26.3 Å². The first-order chi connectivity index (χ1) is 8.61. The molecule has 0 amide bonds. The van der Waals surface area contributed by atoms with Gasteiger partial charge in [0.25, 0.3) is 0 Å². The van der Waals surface area contributed by atoms with Crippen molar-refractivity contribution in [3.8, 4) is 0 Å². The van der Waals surface area contributed by atoms with E-state index < -0.39 is 6.17 Å². The van der Waals surface area contributed by atoms with Gasteiger partial charge in [-0.05, 0) is 45.3 Å². The predicted octanol–water partition coefficient (Wildman–Crippen LogP) is 4.37. The number of alkyl halides is 1. The molecule has 0 aliphatic rings. The average Bonchev–Trinajstić information content (AvgIpc) is 2.32. The second kappa shape index (κ2) is 11.8. The molecule has 0 aromatic carbocycles. The first kappa shape index (κ1) is 17.8. The Hall–Kier alpha value is -0.250. The Morgan fingerprint density at radius 2 is 1.94 bits per heavy atom. The fourth-order valence-corrected chi connectivity index (χ4v) is 2.84. The van der Waals surface area contributed by atoms with Gasteiger partial charge in [0.05, 0.1) is 12.8 Å². The summed E-state index contributed by atoms with van der Waals surface area (Å²) in [5.41, 5.74) is 0. The Balaban J connectivity index is 3.82. The van der Waals surface area contributed by atoms with Crippen LogP contribution in [0, 0.1) is 0 Å². The van der Waals surface area contributed by atoms with Gasteiger partial charge in [0.2, 0.25) is 0 Å². The number of hydrogen-bond acceptors (Lipinski definition) is 3. The highest BCUT2D eigenvalue weighted by Gasteiger charge is 2.19. The predicted molar refractivity (Wildman–Crippen MR) is 76.8 cm³/mol. The lowest BCUT2D eigenvalue weighted by Gasteiger charge is -2.14. The summed E-state index contributed by atoms with van der Waals surface area (Å²) >= 11 is 1.66. The molecule has 2 unspecified atom stereocenters. The third kappa shape index (κ3) is 9.75. The minimum Gasteiger partial charge on any atom is -0.465 e.